The number of unbranched alkanes of at least 4 members (excludes halogenated alkanes) is 2. The maximum atomic E-state index is 16.8. The number of alkyl carbamates (subject to hydrolysis) is 2. The Morgan fingerprint density at radius 3 is 1.31 bits per heavy atom. The summed E-state index contributed by atoms with van der Waals surface area (Å²) in [5, 5.41) is 6.80. The van der Waals surface area contributed by atoms with Crippen LogP contribution in [0.4, 0.5) is 30.6 Å². The molecule has 6 fully saturated rings. The number of para-hydroxylation sites is 2. The minimum atomic E-state index is -4.93. The predicted octanol–water partition coefficient (Wildman–Crippen LogP) is 3.25. The highest BCUT2D eigenvalue weighted by atomic mass is 33.1. The summed E-state index contributed by atoms with van der Waals surface area (Å²) in [5.41, 5.74) is -4.78. The minimum Gasteiger partial charge on any atom is -0.444 e. The quantitative estimate of drug-likeness (QED) is 0.0165. The van der Waals surface area contributed by atoms with E-state index in [1.807, 2.05) is 0 Å². The monoisotopic (exact) mass is 1720 g/mol. The third-order valence-electron chi connectivity index (χ3n) is 21.4. The van der Waals surface area contributed by atoms with Crippen molar-refractivity contribution in [3.05, 3.63) is 120 Å². The van der Waals surface area contributed by atoms with Crippen LogP contribution in [0.1, 0.15) is 104 Å². The molecule has 0 aromatic heterocycles. The number of piperazine rings is 2. The summed E-state index contributed by atoms with van der Waals surface area (Å²) < 4.78 is 123. The Morgan fingerprint density at radius 2 is 0.862 bits per heavy atom. The van der Waals surface area contributed by atoms with E-state index < -0.39 is 149 Å². The van der Waals surface area contributed by atoms with E-state index in [0.29, 0.717) is 12.8 Å². The first kappa shape index (κ1) is 88.1. The molecule has 34 nitrogen and oxygen atoms in total. The van der Waals surface area contributed by atoms with Crippen LogP contribution in [0, 0.1) is 0 Å². The van der Waals surface area contributed by atoms with Gasteiger partial charge in [0, 0.05) is 69.8 Å². The lowest BCUT2D eigenvalue weighted by atomic mass is 9.54. The number of ether oxygens (including phenoxy) is 10. The smallest absolute Gasteiger partial charge is 0.444 e. The van der Waals surface area contributed by atoms with Crippen LogP contribution in [0.5, 0.6) is 0 Å². The van der Waals surface area contributed by atoms with Gasteiger partial charge in [0.15, 0.2) is 4.87 Å². The van der Waals surface area contributed by atoms with Crippen molar-refractivity contribution in [1.29, 1.82) is 0 Å². The first-order valence-electron chi connectivity index (χ1n) is 38.4. The van der Waals surface area contributed by atoms with Crippen molar-refractivity contribution >= 4 is 133 Å². The SMILES string of the molecule is CN1C(=O)[C@@]23C[C@]4([C@]56C[C@]7([SiH3])C(=O)N(C)[C@]([SiH3])(COC(=O)OCCCCC(=O)NCCOCCOCCNC(=O)OC(C)(C)C)C(=O)N7[C@H]5N(S(=O)(=O)c5ccccc5)c5ccccc56)c5ccccc5N(S(=O)(=O)c5ccccc5)[C@@H]4N2C(=O)[C@]1(COC(=O)OCCCCC(=O)NCCOCCOCCNC(=O)OC(C)(C)C)SS3. The molecule has 4 N–H and O–H groups in total. The Balaban J connectivity index is 0.819. The fourth-order valence-corrected chi connectivity index (χ4v) is 25.1. The highest BCUT2D eigenvalue weighted by Crippen LogP contribution is 2.78. The molecule has 0 unspecified atom stereocenters. The molecular weight excluding hydrogens is 1620 g/mol. The van der Waals surface area contributed by atoms with Crippen molar-refractivity contribution in [1.82, 2.24) is 40.9 Å². The van der Waals surface area contributed by atoms with Gasteiger partial charge >= 0.3 is 24.5 Å². The second-order valence-electron chi connectivity index (χ2n) is 31.4. The van der Waals surface area contributed by atoms with Crippen LogP contribution in [0.15, 0.2) is 119 Å². The molecule has 8 amide bonds. The first-order valence-corrected chi connectivity index (χ1v) is 45.4. The van der Waals surface area contributed by atoms with Crippen LogP contribution in [0.3, 0.4) is 0 Å². The third kappa shape index (κ3) is 17.3. The predicted molar refractivity (Wildman–Crippen MR) is 431 cm³/mol. The number of nitrogens with zero attached hydrogens (tertiary/aromatic N) is 6. The Kier molecular flexibility index (Phi) is 27.2. The number of likely N-dealkylation sites (N-methyl/N-ethyl adjacent to an activating group) is 2. The summed E-state index contributed by atoms with van der Waals surface area (Å²) in [6, 6.07) is 27.9. The Labute approximate surface area is 688 Å². The molecule has 0 aliphatic carbocycles. The number of nitrogens with one attached hydrogen (secondary N) is 4. The van der Waals surface area contributed by atoms with Gasteiger partial charge in [-0.3, -0.25) is 33.7 Å². The fourth-order valence-electron chi connectivity index (χ4n) is 16.1. The van der Waals surface area contributed by atoms with Crippen molar-refractivity contribution in [3.8, 4) is 0 Å². The number of carbonyl (C=O) groups excluding carboxylic acids is 10. The van der Waals surface area contributed by atoms with E-state index >= 15 is 36.0 Å². The molecule has 8 aliphatic heterocycles. The van der Waals surface area contributed by atoms with Gasteiger partial charge in [-0.05, 0) is 132 Å². The van der Waals surface area contributed by atoms with Gasteiger partial charge in [-0.2, -0.15) is 0 Å². The van der Waals surface area contributed by atoms with Gasteiger partial charge in [-0.1, -0.05) is 83.6 Å². The minimum absolute atomic E-state index is 0.0415. The summed E-state index contributed by atoms with van der Waals surface area (Å²) in [6.07, 6.45) is -6.87. The van der Waals surface area contributed by atoms with E-state index in [4.69, 9.17) is 47.4 Å². The molecule has 116 heavy (non-hydrogen) atoms. The highest BCUT2D eigenvalue weighted by molar-refractivity contribution is 8.78. The molecule has 2 bridgehead atoms. The molecule has 0 radical (unpaired) electrons. The van der Waals surface area contributed by atoms with E-state index in [9.17, 15) is 28.8 Å². The summed E-state index contributed by atoms with van der Waals surface area (Å²) >= 11 is 0. The molecule has 8 heterocycles. The Bertz CT molecular complexity index is 4580. The molecular formula is C76H102N10O24S4Si2. The van der Waals surface area contributed by atoms with Gasteiger partial charge in [-0.15, -0.1) is 0 Å². The van der Waals surface area contributed by atoms with Crippen molar-refractivity contribution in [2.24, 2.45) is 0 Å². The van der Waals surface area contributed by atoms with Crippen LogP contribution >= 0.6 is 21.6 Å². The molecule has 8 aliphatic rings. The van der Waals surface area contributed by atoms with Gasteiger partial charge in [0.1, 0.15) is 47.1 Å². The molecule has 632 valence electrons. The lowest BCUT2D eigenvalue weighted by molar-refractivity contribution is -0.168. The van der Waals surface area contributed by atoms with Crippen LogP contribution in [0.2, 0.25) is 0 Å². The molecule has 8 atom stereocenters. The van der Waals surface area contributed by atoms with Gasteiger partial charge in [0.2, 0.25) is 28.5 Å². The van der Waals surface area contributed by atoms with Crippen molar-refractivity contribution in [2.45, 2.75) is 157 Å². The first-order chi connectivity index (χ1) is 55.0. The van der Waals surface area contributed by atoms with Crippen LogP contribution in [0.25, 0.3) is 0 Å². The second-order valence-corrected chi connectivity index (χ2v) is 41.0. The zero-order chi connectivity index (χ0) is 83.9. The average molecular weight is 1720 g/mol. The lowest BCUT2D eigenvalue weighted by Gasteiger charge is -2.58. The van der Waals surface area contributed by atoms with Gasteiger partial charge in [0.25, 0.3) is 31.9 Å². The number of benzene rings is 4. The van der Waals surface area contributed by atoms with E-state index in [1.165, 1.54) is 82.2 Å². The number of fused-ring (bicyclic) bond motifs is 11. The van der Waals surface area contributed by atoms with Crippen molar-refractivity contribution in [3.63, 3.8) is 0 Å². The molecule has 40 heteroatoms. The Hall–Kier alpha value is -8.75. The molecule has 0 saturated carbocycles. The van der Waals surface area contributed by atoms with Gasteiger partial charge < -0.3 is 83.3 Å². The average Bonchev–Trinajstić information content (AvgIpc) is 1.44. The van der Waals surface area contributed by atoms with Gasteiger partial charge in [-0.25, -0.2) is 44.6 Å². The molecule has 6 saturated heterocycles. The van der Waals surface area contributed by atoms with E-state index in [-0.39, 0.29) is 183 Å². The summed E-state index contributed by atoms with van der Waals surface area (Å²) in [6.45, 7) is 11.4. The topological polar surface area (TPSA) is 399 Å². The largest absolute Gasteiger partial charge is 0.508 e. The normalized spacial score (nSPS) is 24.4. The zero-order valence-electron chi connectivity index (χ0n) is 66.6. The number of sulfonamides is 2. The van der Waals surface area contributed by atoms with Gasteiger partial charge in [0.05, 0.1) is 108 Å². The van der Waals surface area contributed by atoms with Crippen LogP contribution in [-0.2, 0) is 107 Å². The standard InChI is InChI=1S/C76H102N10O24S4Si2/c1-69(2,3)109-65(93)79-35-41-103-45-43-101-39-33-77-57(87)31-19-21-37-105-67(95)107-49-74-62(90)83-59-71(47-73(83,111-112-74)61(89)81(74)7,53-27-15-17-29-55(53)85(59)113(97,98)51-23-11-9-12-24-51)72-48-75(115)63(91)82(8)76(116,64(92)84(75)60(72)86(56-30-18-16-28-54(56)72)114(99,100)52-25-13-10-14-26-52)50-108-68(96)106-38-22-20-32-58(88)78-34-40-102-44-46-104-42-36-80-66(94)110-70(4,5)6/h9-18,23-30,59-60H,19-22,31-50H2,1-8,115-116H3,(H,77,87)(H,78,88)(H,79,93)(H,80,94)/t59-,60-,71-,72-,73-,74-,75-,76-/m0/s1. The van der Waals surface area contributed by atoms with Crippen molar-refractivity contribution < 1.29 is 112 Å². The maximum absolute atomic E-state index is 16.8. The van der Waals surface area contributed by atoms with Crippen molar-refractivity contribution in [2.75, 3.05) is 128 Å². The number of rotatable bonds is 37. The molecule has 4 aromatic carbocycles. The third-order valence-corrected chi connectivity index (χ3v) is 31.2. The van der Waals surface area contributed by atoms with E-state index in [1.54, 1.807) is 102 Å². The van der Waals surface area contributed by atoms with E-state index in [0.717, 1.165) is 30.2 Å². The fraction of sp³-hybridized carbons (Fsp3) is 0.553. The Morgan fingerprint density at radius 1 is 0.457 bits per heavy atom. The lowest BCUT2D eigenvalue weighted by Crippen LogP contribution is -2.78. The number of hydrogen-bond donors (Lipinski definition) is 4. The second kappa shape index (κ2) is 35.8. The number of amides is 8. The highest BCUT2D eigenvalue weighted by Gasteiger charge is 2.89. The van der Waals surface area contributed by atoms with Crippen LogP contribution < -0.4 is 29.9 Å². The zero-order valence-corrected chi connectivity index (χ0v) is 73.9. The summed E-state index contributed by atoms with van der Waals surface area (Å²) in [4.78, 5) is 143. The van der Waals surface area contributed by atoms with E-state index in [2.05, 4.69) is 21.3 Å². The molecule has 4 aromatic rings. The molecule has 12 rings (SSSR count). The number of anilines is 2. The molecule has 1 spiro atoms. The summed E-state index contributed by atoms with van der Waals surface area (Å²) in [5.74, 6) is -3.62. The number of hydrogen-bond acceptors (Lipinski definition) is 26. The van der Waals surface area contributed by atoms with Crippen LogP contribution in [-0.4, -0.2) is 280 Å². The maximum Gasteiger partial charge on any atom is 0.508 e. The summed E-state index contributed by atoms with van der Waals surface area (Å²) in [7, 11) is -5.71. The number of carbonyl (C=O) groups is 10.